The summed E-state index contributed by atoms with van der Waals surface area (Å²) in [6.07, 6.45) is 1.15. The Bertz CT molecular complexity index is 158. The summed E-state index contributed by atoms with van der Waals surface area (Å²) in [5, 5.41) is 3.37. The van der Waals surface area contributed by atoms with Crippen LogP contribution in [0.2, 0.25) is 0 Å². The van der Waals surface area contributed by atoms with Gasteiger partial charge >= 0.3 is 0 Å². The SMILES string of the molecule is CCC(C)NCCOCCOCCOCCOC. The first kappa shape index (κ1) is 17.8. The minimum atomic E-state index is 0.564. The van der Waals surface area contributed by atoms with Crippen molar-refractivity contribution in [3.63, 3.8) is 0 Å². The highest BCUT2D eigenvalue weighted by molar-refractivity contribution is 4.55. The second kappa shape index (κ2) is 14.9. The zero-order chi connectivity index (χ0) is 13.5. The minimum Gasteiger partial charge on any atom is -0.382 e. The number of hydrogen-bond donors (Lipinski definition) is 1. The molecule has 0 aliphatic rings. The van der Waals surface area contributed by atoms with Gasteiger partial charge in [-0.05, 0) is 13.3 Å². The molecule has 0 radical (unpaired) electrons. The Morgan fingerprint density at radius 3 is 1.83 bits per heavy atom. The van der Waals surface area contributed by atoms with E-state index < -0.39 is 0 Å². The van der Waals surface area contributed by atoms with Gasteiger partial charge in [-0.15, -0.1) is 0 Å². The maximum absolute atomic E-state index is 5.43. The molecule has 1 unspecified atom stereocenters. The van der Waals surface area contributed by atoms with Gasteiger partial charge in [-0.25, -0.2) is 0 Å². The standard InChI is InChI=1S/C13H29NO4/c1-4-13(2)14-5-6-16-9-10-18-12-11-17-8-7-15-3/h13-14H,4-12H2,1-3H3. The molecular weight excluding hydrogens is 234 g/mol. The smallest absolute Gasteiger partial charge is 0.0701 e. The quantitative estimate of drug-likeness (QED) is 0.475. The summed E-state index contributed by atoms with van der Waals surface area (Å²) in [7, 11) is 1.66. The van der Waals surface area contributed by atoms with Crippen molar-refractivity contribution in [2.75, 3.05) is 59.9 Å². The maximum atomic E-state index is 5.43. The molecule has 0 aliphatic carbocycles. The van der Waals surface area contributed by atoms with Crippen LogP contribution in [0.3, 0.4) is 0 Å². The number of rotatable bonds is 14. The molecule has 0 saturated heterocycles. The van der Waals surface area contributed by atoms with E-state index in [0.717, 1.165) is 19.6 Å². The average Bonchev–Trinajstić information content (AvgIpc) is 2.39. The van der Waals surface area contributed by atoms with E-state index in [2.05, 4.69) is 19.2 Å². The molecule has 0 rings (SSSR count). The highest BCUT2D eigenvalue weighted by Gasteiger charge is 1.96. The Hall–Kier alpha value is -0.200. The predicted molar refractivity (Wildman–Crippen MR) is 72.1 cm³/mol. The maximum Gasteiger partial charge on any atom is 0.0701 e. The summed E-state index contributed by atoms with van der Waals surface area (Å²) >= 11 is 0. The van der Waals surface area contributed by atoms with Crippen molar-refractivity contribution in [3.05, 3.63) is 0 Å². The van der Waals surface area contributed by atoms with Crippen LogP contribution in [-0.4, -0.2) is 65.9 Å². The van der Waals surface area contributed by atoms with Crippen LogP contribution < -0.4 is 5.32 Å². The molecule has 110 valence electrons. The molecule has 0 fully saturated rings. The Labute approximate surface area is 111 Å². The Balaban J connectivity index is 2.94. The Kier molecular flexibility index (Phi) is 14.7. The van der Waals surface area contributed by atoms with Gasteiger partial charge < -0.3 is 24.3 Å². The fraction of sp³-hybridized carbons (Fsp3) is 1.00. The van der Waals surface area contributed by atoms with Crippen molar-refractivity contribution in [3.8, 4) is 0 Å². The molecule has 0 aromatic rings. The van der Waals surface area contributed by atoms with E-state index in [1.807, 2.05) is 0 Å². The van der Waals surface area contributed by atoms with Crippen molar-refractivity contribution in [1.82, 2.24) is 5.32 Å². The van der Waals surface area contributed by atoms with Crippen LogP contribution in [-0.2, 0) is 18.9 Å². The molecule has 18 heavy (non-hydrogen) atoms. The number of methoxy groups -OCH3 is 1. The monoisotopic (exact) mass is 263 g/mol. The lowest BCUT2D eigenvalue weighted by atomic mass is 10.3. The van der Waals surface area contributed by atoms with E-state index >= 15 is 0 Å². The minimum absolute atomic E-state index is 0.564. The zero-order valence-corrected chi connectivity index (χ0v) is 12.1. The van der Waals surface area contributed by atoms with Crippen LogP contribution in [0.4, 0.5) is 0 Å². The summed E-state index contributed by atoms with van der Waals surface area (Å²) in [5.74, 6) is 0. The lowest BCUT2D eigenvalue weighted by Crippen LogP contribution is -2.29. The van der Waals surface area contributed by atoms with E-state index in [1.165, 1.54) is 0 Å². The van der Waals surface area contributed by atoms with Crippen LogP contribution in [0.25, 0.3) is 0 Å². The normalized spacial score (nSPS) is 12.8. The van der Waals surface area contributed by atoms with Crippen molar-refractivity contribution >= 4 is 0 Å². The van der Waals surface area contributed by atoms with Gasteiger partial charge in [0.25, 0.3) is 0 Å². The van der Waals surface area contributed by atoms with Crippen molar-refractivity contribution < 1.29 is 18.9 Å². The van der Waals surface area contributed by atoms with E-state index in [9.17, 15) is 0 Å². The number of ether oxygens (including phenoxy) is 4. The fourth-order valence-corrected chi connectivity index (χ4v) is 1.21. The highest BCUT2D eigenvalue weighted by atomic mass is 16.6. The molecule has 0 heterocycles. The molecule has 5 nitrogen and oxygen atoms in total. The van der Waals surface area contributed by atoms with Crippen LogP contribution in [0.1, 0.15) is 20.3 Å². The van der Waals surface area contributed by atoms with E-state index in [4.69, 9.17) is 18.9 Å². The Morgan fingerprint density at radius 1 is 0.833 bits per heavy atom. The van der Waals surface area contributed by atoms with Crippen LogP contribution >= 0.6 is 0 Å². The average molecular weight is 263 g/mol. The lowest BCUT2D eigenvalue weighted by Gasteiger charge is -2.11. The van der Waals surface area contributed by atoms with Gasteiger partial charge in [0.15, 0.2) is 0 Å². The summed E-state index contributed by atoms with van der Waals surface area (Å²) in [4.78, 5) is 0. The first-order chi connectivity index (χ1) is 8.81. The van der Waals surface area contributed by atoms with E-state index in [1.54, 1.807) is 7.11 Å². The molecule has 0 amide bonds. The molecule has 1 atom stereocenters. The first-order valence-corrected chi connectivity index (χ1v) is 6.76. The number of hydrogen-bond acceptors (Lipinski definition) is 5. The van der Waals surface area contributed by atoms with Crippen molar-refractivity contribution in [2.45, 2.75) is 26.3 Å². The summed E-state index contributed by atoms with van der Waals surface area (Å²) < 4.78 is 20.9. The van der Waals surface area contributed by atoms with Gasteiger partial charge in [0, 0.05) is 19.7 Å². The largest absolute Gasteiger partial charge is 0.382 e. The van der Waals surface area contributed by atoms with Crippen molar-refractivity contribution in [2.24, 2.45) is 0 Å². The zero-order valence-electron chi connectivity index (χ0n) is 12.1. The topological polar surface area (TPSA) is 49.0 Å². The van der Waals surface area contributed by atoms with E-state index in [0.29, 0.717) is 45.7 Å². The molecule has 0 aromatic heterocycles. The molecule has 0 aliphatic heterocycles. The second-order valence-corrected chi connectivity index (χ2v) is 4.09. The van der Waals surface area contributed by atoms with Crippen LogP contribution in [0.15, 0.2) is 0 Å². The third kappa shape index (κ3) is 13.9. The fourth-order valence-electron chi connectivity index (χ4n) is 1.21. The van der Waals surface area contributed by atoms with Gasteiger partial charge in [-0.1, -0.05) is 6.92 Å². The molecule has 0 aromatic carbocycles. The molecule has 0 bridgehead atoms. The van der Waals surface area contributed by atoms with Crippen LogP contribution in [0, 0.1) is 0 Å². The van der Waals surface area contributed by atoms with Crippen molar-refractivity contribution in [1.29, 1.82) is 0 Å². The molecule has 1 N–H and O–H groups in total. The van der Waals surface area contributed by atoms with Gasteiger partial charge in [-0.3, -0.25) is 0 Å². The number of nitrogens with one attached hydrogen (secondary N) is 1. The van der Waals surface area contributed by atoms with Gasteiger partial charge in [0.1, 0.15) is 0 Å². The van der Waals surface area contributed by atoms with Crippen LogP contribution in [0.5, 0.6) is 0 Å². The third-order valence-corrected chi connectivity index (χ3v) is 2.53. The van der Waals surface area contributed by atoms with Gasteiger partial charge in [0.05, 0.1) is 46.2 Å². The molecule has 5 heteroatoms. The molecular formula is C13H29NO4. The predicted octanol–water partition coefficient (Wildman–Crippen LogP) is 1.07. The molecule has 0 saturated carbocycles. The first-order valence-electron chi connectivity index (χ1n) is 6.76. The lowest BCUT2D eigenvalue weighted by molar-refractivity contribution is 0.00395. The summed E-state index contributed by atoms with van der Waals surface area (Å²) in [6, 6.07) is 0.564. The summed E-state index contributed by atoms with van der Waals surface area (Å²) in [5.41, 5.74) is 0. The van der Waals surface area contributed by atoms with E-state index in [-0.39, 0.29) is 0 Å². The van der Waals surface area contributed by atoms with Gasteiger partial charge in [-0.2, -0.15) is 0 Å². The van der Waals surface area contributed by atoms with Gasteiger partial charge in [0.2, 0.25) is 0 Å². The molecule has 0 spiro atoms. The Morgan fingerprint density at radius 2 is 1.33 bits per heavy atom. The summed E-state index contributed by atoms with van der Waals surface area (Å²) in [6.45, 7) is 9.71. The second-order valence-electron chi connectivity index (χ2n) is 4.09. The highest BCUT2D eigenvalue weighted by Crippen LogP contribution is 1.86. The third-order valence-electron chi connectivity index (χ3n) is 2.53.